The first-order valence-electron chi connectivity index (χ1n) is 8.78. The molecule has 2 aromatic rings. The van der Waals surface area contributed by atoms with Crippen LogP contribution in [0.2, 0.25) is 0 Å². The number of hydrogen-bond donors (Lipinski definition) is 1. The van der Waals surface area contributed by atoms with E-state index in [1.54, 1.807) is 6.07 Å². The number of nitrogens with one attached hydrogen (secondary N) is 1. The van der Waals surface area contributed by atoms with E-state index in [2.05, 4.69) is 0 Å². The van der Waals surface area contributed by atoms with Crippen molar-refractivity contribution in [3.05, 3.63) is 59.4 Å². The first kappa shape index (κ1) is 20.6. The maximum atomic E-state index is 13.3. The van der Waals surface area contributed by atoms with E-state index < -0.39 is 36.1 Å². The van der Waals surface area contributed by atoms with Crippen LogP contribution in [-0.2, 0) is 4.79 Å². The molecule has 1 amide bonds. The van der Waals surface area contributed by atoms with E-state index >= 15 is 0 Å². The van der Waals surface area contributed by atoms with Gasteiger partial charge < -0.3 is 14.8 Å². The van der Waals surface area contributed by atoms with Crippen LogP contribution in [-0.4, -0.2) is 31.1 Å². The minimum absolute atomic E-state index is 0.271. The Morgan fingerprint density at radius 3 is 2.28 bits per heavy atom. The van der Waals surface area contributed by atoms with Crippen molar-refractivity contribution in [3.63, 3.8) is 0 Å². The van der Waals surface area contributed by atoms with Gasteiger partial charge in [0.1, 0.15) is 19.0 Å². The third-order valence-electron chi connectivity index (χ3n) is 4.28. The zero-order chi connectivity index (χ0) is 21.0. The van der Waals surface area contributed by atoms with Crippen LogP contribution in [0.5, 0.6) is 11.5 Å². The summed E-state index contributed by atoms with van der Waals surface area (Å²) in [7, 11) is 0. The number of benzene rings is 2. The Hall–Kier alpha value is -3.10. The smallest absolute Gasteiger partial charge is 0.412 e. The van der Waals surface area contributed by atoms with Gasteiger partial charge in [0.15, 0.2) is 23.3 Å². The van der Waals surface area contributed by atoms with Gasteiger partial charge >= 0.3 is 6.18 Å². The van der Waals surface area contributed by atoms with Gasteiger partial charge in [0.05, 0.1) is 0 Å². The van der Waals surface area contributed by atoms with Gasteiger partial charge in [-0.1, -0.05) is 12.1 Å². The molecule has 0 aromatic heterocycles. The Balaban J connectivity index is 1.61. The second-order valence-electron chi connectivity index (χ2n) is 6.38. The molecular formula is C20H17F4NO4. The number of halogens is 4. The first-order valence-corrected chi connectivity index (χ1v) is 8.78. The summed E-state index contributed by atoms with van der Waals surface area (Å²) in [5, 5.41) is 1.87. The fraction of sp³-hybridized carbons (Fsp3) is 0.300. The van der Waals surface area contributed by atoms with Gasteiger partial charge in [-0.05, 0) is 35.9 Å². The molecule has 0 aliphatic carbocycles. The summed E-state index contributed by atoms with van der Waals surface area (Å²) in [5.74, 6) is -1.14. The molecule has 29 heavy (non-hydrogen) atoms. The molecule has 0 saturated heterocycles. The number of ketones is 1. The van der Waals surface area contributed by atoms with Gasteiger partial charge in [0.25, 0.3) is 0 Å². The lowest BCUT2D eigenvalue weighted by Crippen LogP contribution is -2.38. The van der Waals surface area contributed by atoms with Crippen LogP contribution in [0.15, 0.2) is 42.5 Å². The number of fused-ring (bicyclic) bond motifs is 1. The zero-order valence-corrected chi connectivity index (χ0v) is 15.1. The number of Topliss-reactive ketones (excluding diaryl/α,β-unsaturated/α-hetero) is 1. The molecule has 2 aromatic carbocycles. The molecule has 1 unspecified atom stereocenters. The highest BCUT2D eigenvalue weighted by Gasteiger charge is 2.41. The van der Waals surface area contributed by atoms with Crippen molar-refractivity contribution in [2.45, 2.75) is 25.1 Å². The fourth-order valence-electron chi connectivity index (χ4n) is 2.83. The summed E-state index contributed by atoms with van der Waals surface area (Å²) in [6.07, 6.45) is -5.48. The van der Waals surface area contributed by atoms with E-state index in [1.165, 1.54) is 12.1 Å². The van der Waals surface area contributed by atoms with Crippen molar-refractivity contribution in [1.82, 2.24) is 5.32 Å². The predicted octanol–water partition coefficient (Wildman–Crippen LogP) is 3.98. The van der Waals surface area contributed by atoms with Crippen molar-refractivity contribution in [2.75, 3.05) is 13.2 Å². The second-order valence-corrected chi connectivity index (χ2v) is 6.38. The van der Waals surface area contributed by atoms with E-state index in [-0.39, 0.29) is 17.5 Å². The summed E-state index contributed by atoms with van der Waals surface area (Å²) in [6, 6.07) is 5.92. The highest BCUT2D eigenvalue weighted by molar-refractivity contribution is 5.98. The molecule has 1 atom stereocenters. The highest BCUT2D eigenvalue weighted by atomic mass is 19.4. The molecule has 9 heteroatoms. The molecule has 5 nitrogen and oxygen atoms in total. The number of ether oxygens (including phenoxy) is 2. The summed E-state index contributed by atoms with van der Waals surface area (Å²) in [6.45, 7) is 0.740. The lowest BCUT2D eigenvalue weighted by atomic mass is 10.0. The quantitative estimate of drug-likeness (QED) is 0.577. The van der Waals surface area contributed by atoms with E-state index in [4.69, 9.17) is 9.47 Å². The number of carbonyl (C=O) groups is 2. The predicted molar refractivity (Wildman–Crippen MR) is 94.3 cm³/mol. The summed E-state index contributed by atoms with van der Waals surface area (Å²) in [5.41, 5.74) is -0.0293. The van der Waals surface area contributed by atoms with E-state index in [0.717, 1.165) is 24.3 Å². The van der Waals surface area contributed by atoms with Crippen LogP contribution in [0.1, 0.15) is 34.8 Å². The van der Waals surface area contributed by atoms with Gasteiger partial charge in [-0.3, -0.25) is 9.59 Å². The average molecular weight is 411 g/mol. The lowest BCUT2D eigenvalue weighted by Gasteiger charge is -2.22. The first-order chi connectivity index (χ1) is 13.7. The Morgan fingerprint density at radius 1 is 0.966 bits per heavy atom. The summed E-state index contributed by atoms with van der Waals surface area (Å²) in [4.78, 5) is 24.3. The topological polar surface area (TPSA) is 64.6 Å². The number of alkyl halides is 3. The van der Waals surface area contributed by atoms with Crippen molar-refractivity contribution < 1.29 is 36.6 Å². The minimum atomic E-state index is -4.77. The molecule has 154 valence electrons. The van der Waals surface area contributed by atoms with Crippen LogP contribution >= 0.6 is 0 Å². The number of rotatable bonds is 6. The molecule has 1 heterocycles. The van der Waals surface area contributed by atoms with Crippen molar-refractivity contribution in [2.24, 2.45) is 0 Å². The molecule has 1 aliphatic rings. The molecule has 0 radical (unpaired) electrons. The van der Waals surface area contributed by atoms with E-state index in [9.17, 15) is 27.2 Å². The summed E-state index contributed by atoms with van der Waals surface area (Å²) >= 11 is 0. The minimum Gasteiger partial charge on any atom is -0.486 e. The molecule has 0 spiro atoms. The van der Waals surface area contributed by atoms with Crippen LogP contribution < -0.4 is 14.8 Å². The van der Waals surface area contributed by atoms with Gasteiger partial charge in [0, 0.05) is 18.4 Å². The third kappa shape index (κ3) is 5.24. The molecule has 3 rings (SSSR count). The van der Waals surface area contributed by atoms with Gasteiger partial charge in [-0.15, -0.1) is 0 Å². The Kier molecular flexibility index (Phi) is 6.05. The summed E-state index contributed by atoms with van der Waals surface area (Å²) < 4.78 is 63.6. The molecule has 0 fully saturated rings. The van der Waals surface area contributed by atoms with Crippen molar-refractivity contribution >= 4 is 11.7 Å². The Morgan fingerprint density at radius 2 is 1.62 bits per heavy atom. The average Bonchev–Trinajstić information content (AvgIpc) is 2.70. The monoisotopic (exact) mass is 411 g/mol. The lowest BCUT2D eigenvalue weighted by molar-refractivity contribution is -0.163. The van der Waals surface area contributed by atoms with Gasteiger partial charge in [-0.25, -0.2) is 4.39 Å². The standard InChI is InChI=1S/C20H17F4NO4/c21-14-4-1-12(2-5-14)19(20(22,23)24)25-18(27)8-6-15(26)13-3-7-16-17(11-13)29-10-9-28-16/h1-5,7,11,19H,6,8-10H2,(H,25,27). The van der Waals surface area contributed by atoms with Crippen LogP contribution in [0, 0.1) is 5.82 Å². The van der Waals surface area contributed by atoms with Crippen LogP contribution in [0.25, 0.3) is 0 Å². The SMILES string of the molecule is O=C(CCC(=O)c1ccc2c(c1)OCCO2)NC(c1ccc(F)cc1)C(F)(F)F. The maximum Gasteiger partial charge on any atom is 0.412 e. The number of carbonyl (C=O) groups excluding carboxylic acids is 2. The second kappa shape index (κ2) is 8.50. The number of hydrogen-bond acceptors (Lipinski definition) is 4. The van der Waals surface area contributed by atoms with Crippen molar-refractivity contribution in [3.8, 4) is 11.5 Å². The van der Waals surface area contributed by atoms with Gasteiger partial charge in [0.2, 0.25) is 5.91 Å². The van der Waals surface area contributed by atoms with Crippen LogP contribution in [0.3, 0.4) is 0 Å². The van der Waals surface area contributed by atoms with Gasteiger partial charge in [-0.2, -0.15) is 13.2 Å². The molecule has 0 bridgehead atoms. The largest absolute Gasteiger partial charge is 0.486 e. The molecule has 1 aliphatic heterocycles. The molecule has 0 saturated carbocycles. The maximum absolute atomic E-state index is 13.3. The molecule has 1 N–H and O–H groups in total. The fourth-order valence-corrected chi connectivity index (χ4v) is 2.83. The van der Waals surface area contributed by atoms with E-state index in [0.29, 0.717) is 24.7 Å². The normalized spacial score (nSPS) is 14.2. The highest BCUT2D eigenvalue weighted by Crippen LogP contribution is 2.33. The third-order valence-corrected chi connectivity index (χ3v) is 4.28. The van der Waals surface area contributed by atoms with Crippen LogP contribution in [0.4, 0.5) is 17.6 Å². The zero-order valence-electron chi connectivity index (χ0n) is 15.1. The Labute approximate surface area is 163 Å². The Bertz CT molecular complexity index is 896. The van der Waals surface area contributed by atoms with Crippen molar-refractivity contribution in [1.29, 1.82) is 0 Å². The van der Waals surface area contributed by atoms with E-state index in [1.807, 2.05) is 5.32 Å². The molecular weight excluding hydrogens is 394 g/mol. The number of amides is 1.